The molecule has 0 aromatic carbocycles. The Balaban J connectivity index is 0.000000615. The van der Waals surface area contributed by atoms with E-state index in [-0.39, 0.29) is 56.8 Å². The number of carboxylic acid groups (broad SMARTS) is 1. The van der Waals surface area contributed by atoms with Crippen molar-refractivity contribution in [2.75, 3.05) is 27.4 Å². The van der Waals surface area contributed by atoms with E-state index in [0.29, 0.717) is 12.1 Å². The van der Waals surface area contributed by atoms with Gasteiger partial charge in [0, 0.05) is 33.1 Å². The Hall–Kier alpha value is -3.43. The number of ether oxygens (including phenoxy) is 4. The second kappa shape index (κ2) is 28.4. The quantitative estimate of drug-likeness (QED) is 0.0742. The molecule has 2 atom stereocenters. The van der Waals surface area contributed by atoms with Crippen LogP contribution in [-0.2, 0) is 47.7 Å². The predicted octanol–water partition coefficient (Wildman–Crippen LogP) is 1.86. The Morgan fingerprint density at radius 2 is 1.27 bits per heavy atom. The number of aliphatic hydroxyl groups is 1. The molecular weight excluding hydrogens is 644 g/mol. The number of hydrogen-bond acceptors (Lipinski definition) is 14. The molecule has 0 aromatic heterocycles. The average Bonchev–Trinajstić information content (AvgIpc) is 3.59. The number of aliphatic imine (C=N–C) groups is 2. The van der Waals surface area contributed by atoms with Gasteiger partial charge in [0.05, 0.1) is 63.0 Å². The van der Waals surface area contributed by atoms with Crippen molar-refractivity contribution in [2.24, 2.45) is 9.98 Å². The normalized spacial score (nSPS) is 18.7. The van der Waals surface area contributed by atoms with Gasteiger partial charge in [-0.3, -0.25) is 34.0 Å². The molecule has 4 radical (unpaired) electrons. The SMILES string of the molecule is C(=NC1CCCCC1)=NC1CCCCC1.O=C1CCC(=O)N1O.O=C1CCC(=O)O1.[B]C(COC)OC(=O)CCC(=O)O.[B]C(O)COC. The highest BCUT2D eigenvalue weighted by atomic mass is 16.6. The van der Waals surface area contributed by atoms with Crippen LogP contribution in [0.15, 0.2) is 9.98 Å². The highest BCUT2D eigenvalue weighted by Crippen LogP contribution is 2.21. The van der Waals surface area contributed by atoms with Gasteiger partial charge in [0.1, 0.15) is 15.7 Å². The first kappa shape index (κ1) is 45.6. The summed E-state index contributed by atoms with van der Waals surface area (Å²) in [5.41, 5.74) is 0. The molecule has 272 valence electrons. The fourth-order valence-corrected chi connectivity index (χ4v) is 4.42. The van der Waals surface area contributed by atoms with E-state index in [0.717, 1.165) is 0 Å². The number of methoxy groups -OCH3 is 2. The molecule has 2 amide bonds. The number of carboxylic acids is 1. The van der Waals surface area contributed by atoms with Crippen LogP contribution in [0.1, 0.15) is 103 Å². The lowest BCUT2D eigenvalue weighted by atomic mass is 9.96. The molecule has 0 spiro atoms. The first-order valence-corrected chi connectivity index (χ1v) is 16.3. The average molecular weight is 693 g/mol. The van der Waals surface area contributed by atoms with Crippen molar-refractivity contribution in [1.82, 2.24) is 5.06 Å². The van der Waals surface area contributed by atoms with E-state index in [1.54, 1.807) is 0 Å². The van der Waals surface area contributed by atoms with Gasteiger partial charge in [-0.1, -0.05) is 38.5 Å². The monoisotopic (exact) mass is 693 g/mol. The van der Waals surface area contributed by atoms with Crippen LogP contribution in [0.5, 0.6) is 0 Å². The van der Waals surface area contributed by atoms with Crippen molar-refractivity contribution in [1.29, 1.82) is 0 Å². The van der Waals surface area contributed by atoms with Crippen molar-refractivity contribution in [3.05, 3.63) is 0 Å². The van der Waals surface area contributed by atoms with Crippen LogP contribution >= 0.6 is 0 Å². The standard InChI is InChI=1S/C13H22N2.C7H11BO5.C4H5NO3.C4H4O3.C3H7BO2/c1-3-7-12(8-4-1)14-11-15-13-9-5-2-6-10-13;1-12-4-5(8)13-7(11)3-2-6(9)10;6-3-1-2-4(7)5(3)8;5-3-1-2-4(6)7-3;1-6-2-3(4)5/h12-13H,1-10H2;5H,2-4H2,1H3,(H,9,10);8H,1-2H2;1-2H2;3,5H,2H2,1H3. The summed E-state index contributed by atoms with van der Waals surface area (Å²) in [6.07, 6.45) is 13.6. The number of carbonyl (C=O) groups is 6. The van der Waals surface area contributed by atoms with Crippen molar-refractivity contribution >= 4 is 57.4 Å². The number of aliphatic carboxylic acids is 1. The largest absolute Gasteiger partial charge is 0.481 e. The van der Waals surface area contributed by atoms with Crippen LogP contribution in [0, 0.1) is 0 Å². The maximum atomic E-state index is 10.8. The van der Waals surface area contributed by atoms with Gasteiger partial charge in [0.15, 0.2) is 0 Å². The molecule has 2 aliphatic heterocycles. The van der Waals surface area contributed by atoms with Gasteiger partial charge in [0.2, 0.25) is 0 Å². The van der Waals surface area contributed by atoms with E-state index in [4.69, 9.17) is 31.1 Å². The molecule has 18 heteroatoms. The van der Waals surface area contributed by atoms with E-state index in [2.05, 4.69) is 34.9 Å². The zero-order valence-electron chi connectivity index (χ0n) is 28.5. The van der Waals surface area contributed by atoms with Gasteiger partial charge < -0.3 is 29.2 Å². The Bertz CT molecular complexity index is 1020. The summed E-state index contributed by atoms with van der Waals surface area (Å²) in [5.74, 6) is -3.48. The third kappa shape index (κ3) is 26.2. The topological polar surface area (TPSA) is 228 Å². The Kier molecular flexibility index (Phi) is 26.4. The molecule has 4 aliphatic rings. The van der Waals surface area contributed by atoms with E-state index in [1.807, 2.05) is 0 Å². The zero-order chi connectivity index (χ0) is 37.0. The van der Waals surface area contributed by atoms with Gasteiger partial charge in [-0.05, 0) is 25.7 Å². The third-order valence-electron chi connectivity index (χ3n) is 6.91. The van der Waals surface area contributed by atoms with Crippen molar-refractivity contribution in [2.45, 2.75) is 127 Å². The van der Waals surface area contributed by atoms with E-state index < -0.39 is 47.7 Å². The van der Waals surface area contributed by atoms with Crippen LogP contribution in [0.25, 0.3) is 0 Å². The lowest BCUT2D eigenvalue weighted by molar-refractivity contribution is -0.171. The number of esters is 3. The molecule has 16 nitrogen and oxygen atoms in total. The molecular formula is C31H49B2N3O13. The molecule has 2 aliphatic carbocycles. The highest BCUT2D eigenvalue weighted by molar-refractivity contribution is 6.11. The van der Waals surface area contributed by atoms with Gasteiger partial charge in [0.25, 0.3) is 11.8 Å². The second-order valence-electron chi connectivity index (χ2n) is 11.3. The minimum Gasteiger partial charge on any atom is -0.481 e. The molecule has 0 bridgehead atoms. The second-order valence-corrected chi connectivity index (χ2v) is 11.3. The molecule has 2 saturated heterocycles. The van der Waals surface area contributed by atoms with Gasteiger partial charge in [-0.15, -0.1) is 0 Å². The molecule has 4 rings (SSSR count). The lowest BCUT2D eigenvalue weighted by Gasteiger charge is -2.17. The predicted molar refractivity (Wildman–Crippen MR) is 175 cm³/mol. The summed E-state index contributed by atoms with van der Waals surface area (Å²) in [7, 11) is 13.0. The van der Waals surface area contributed by atoms with Gasteiger partial charge in [-0.25, -0.2) is 9.98 Å². The first-order chi connectivity index (χ1) is 23.3. The number of amides is 2. The molecule has 2 unspecified atom stereocenters. The molecule has 0 aromatic rings. The lowest BCUT2D eigenvalue weighted by Crippen LogP contribution is -2.24. The highest BCUT2D eigenvalue weighted by Gasteiger charge is 2.26. The fourth-order valence-electron chi connectivity index (χ4n) is 4.42. The molecule has 3 N–H and O–H groups in total. The maximum absolute atomic E-state index is 10.8. The van der Waals surface area contributed by atoms with Gasteiger partial charge >= 0.3 is 23.9 Å². The minimum atomic E-state index is -1.04. The number of aliphatic hydroxyl groups excluding tert-OH is 1. The number of nitrogens with zero attached hydrogens (tertiary/aromatic N) is 3. The first-order valence-electron chi connectivity index (χ1n) is 16.3. The Morgan fingerprint density at radius 3 is 1.55 bits per heavy atom. The molecule has 4 fully saturated rings. The number of hydroxylamine groups is 2. The van der Waals surface area contributed by atoms with Crippen LogP contribution in [-0.4, -0.2) is 129 Å². The molecule has 2 heterocycles. The molecule has 49 heavy (non-hydrogen) atoms. The fraction of sp³-hybridized carbons (Fsp3) is 0.774. The smallest absolute Gasteiger partial charge is 0.314 e. The number of rotatable bonds is 10. The Labute approximate surface area is 289 Å². The Morgan fingerprint density at radius 1 is 0.816 bits per heavy atom. The van der Waals surface area contributed by atoms with Crippen LogP contribution in [0.4, 0.5) is 0 Å². The minimum absolute atomic E-state index is 0.0960. The summed E-state index contributed by atoms with van der Waals surface area (Å²) in [6.45, 7) is 0.304. The zero-order valence-corrected chi connectivity index (χ0v) is 28.5. The third-order valence-corrected chi connectivity index (χ3v) is 6.91. The van der Waals surface area contributed by atoms with Crippen LogP contribution in [0.3, 0.4) is 0 Å². The summed E-state index contributed by atoms with van der Waals surface area (Å²) in [5, 5.41) is 25.0. The summed E-state index contributed by atoms with van der Waals surface area (Å²) >= 11 is 0. The summed E-state index contributed by atoms with van der Waals surface area (Å²) < 4.78 is 17.7. The van der Waals surface area contributed by atoms with E-state index in [9.17, 15) is 28.8 Å². The number of hydrogen-bond donors (Lipinski definition) is 3. The number of cyclic esters (lactones) is 2. The van der Waals surface area contributed by atoms with E-state index in [1.165, 1.54) is 78.4 Å². The maximum Gasteiger partial charge on any atom is 0.314 e. The summed E-state index contributed by atoms with van der Waals surface area (Å²) in [4.78, 5) is 70.3. The van der Waals surface area contributed by atoms with Crippen molar-refractivity contribution < 1.29 is 63.1 Å². The van der Waals surface area contributed by atoms with Crippen LogP contribution < -0.4 is 0 Å². The van der Waals surface area contributed by atoms with Crippen molar-refractivity contribution in [3.63, 3.8) is 0 Å². The van der Waals surface area contributed by atoms with Crippen LogP contribution in [0.2, 0.25) is 0 Å². The molecule has 2 saturated carbocycles. The van der Waals surface area contributed by atoms with Crippen molar-refractivity contribution in [3.8, 4) is 0 Å². The summed E-state index contributed by atoms with van der Waals surface area (Å²) in [6, 6.07) is 2.39. The van der Waals surface area contributed by atoms with E-state index >= 15 is 0 Å². The number of carbonyl (C=O) groups excluding carboxylic acids is 5. The van der Waals surface area contributed by atoms with Gasteiger partial charge in [-0.2, -0.15) is 5.06 Å². The number of imide groups is 1.